The van der Waals surface area contributed by atoms with Crippen LogP contribution >= 0.6 is 0 Å². The molecule has 0 spiro atoms. The second-order valence-corrected chi connectivity index (χ2v) is 3.97. The van der Waals surface area contributed by atoms with E-state index in [2.05, 4.69) is 25.5 Å². The molecule has 94 valence electrons. The van der Waals surface area contributed by atoms with Gasteiger partial charge in [0, 0.05) is 24.6 Å². The van der Waals surface area contributed by atoms with E-state index in [4.69, 9.17) is 0 Å². The number of nitrogens with zero attached hydrogens (tertiary/aromatic N) is 3. The van der Waals surface area contributed by atoms with Crippen molar-refractivity contribution in [2.75, 3.05) is 6.54 Å². The third-order valence-corrected chi connectivity index (χ3v) is 2.64. The summed E-state index contributed by atoms with van der Waals surface area (Å²) in [6.45, 7) is 2.60. The molecule has 0 aromatic carbocycles. The molecule has 0 aliphatic heterocycles. The number of aryl methyl sites for hydroxylation is 2. The molecule has 2 heterocycles. The minimum Gasteiger partial charge on any atom is -0.351 e. The van der Waals surface area contributed by atoms with Crippen molar-refractivity contribution in [2.24, 2.45) is 0 Å². The van der Waals surface area contributed by atoms with Gasteiger partial charge >= 0.3 is 0 Å². The zero-order chi connectivity index (χ0) is 12.8. The molecule has 0 saturated heterocycles. The average molecular weight is 245 g/mol. The molecule has 2 aromatic heterocycles. The van der Waals surface area contributed by atoms with Gasteiger partial charge in [-0.3, -0.25) is 14.9 Å². The molecular formula is C12H15N5O. The molecule has 0 unspecified atom stereocenters. The summed E-state index contributed by atoms with van der Waals surface area (Å²) >= 11 is 0. The standard InChI is InChI=1S/C12H15N5O/c1-9-10(7-16-17-9)3-2-4-15-12(18)11-8-13-5-6-14-11/h5-8H,2-4H2,1H3,(H,15,18)(H,16,17). The van der Waals surface area contributed by atoms with Gasteiger partial charge in [-0.2, -0.15) is 5.10 Å². The van der Waals surface area contributed by atoms with Crippen molar-refractivity contribution >= 4 is 5.91 Å². The van der Waals surface area contributed by atoms with Gasteiger partial charge in [-0.25, -0.2) is 4.98 Å². The highest BCUT2D eigenvalue weighted by atomic mass is 16.1. The van der Waals surface area contributed by atoms with Crippen molar-refractivity contribution < 1.29 is 4.79 Å². The first-order chi connectivity index (χ1) is 8.77. The molecule has 0 atom stereocenters. The summed E-state index contributed by atoms with van der Waals surface area (Å²) in [5.74, 6) is -0.188. The molecular weight excluding hydrogens is 230 g/mol. The van der Waals surface area contributed by atoms with Crippen LogP contribution in [0.25, 0.3) is 0 Å². The molecule has 6 heteroatoms. The van der Waals surface area contributed by atoms with Gasteiger partial charge in [0.05, 0.1) is 12.4 Å². The molecule has 18 heavy (non-hydrogen) atoms. The molecule has 0 saturated carbocycles. The third kappa shape index (κ3) is 3.13. The second-order valence-electron chi connectivity index (χ2n) is 3.97. The van der Waals surface area contributed by atoms with Gasteiger partial charge in [0.2, 0.25) is 0 Å². The van der Waals surface area contributed by atoms with E-state index >= 15 is 0 Å². The van der Waals surface area contributed by atoms with Crippen molar-refractivity contribution in [3.8, 4) is 0 Å². The molecule has 2 N–H and O–H groups in total. The number of hydrogen-bond donors (Lipinski definition) is 2. The predicted molar refractivity (Wildman–Crippen MR) is 66.0 cm³/mol. The fourth-order valence-corrected chi connectivity index (χ4v) is 1.62. The number of H-pyrrole nitrogens is 1. The Kier molecular flexibility index (Phi) is 4.01. The first kappa shape index (κ1) is 12.2. The Balaban J connectivity index is 1.73. The molecule has 1 amide bonds. The van der Waals surface area contributed by atoms with E-state index in [1.54, 1.807) is 6.20 Å². The van der Waals surface area contributed by atoms with E-state index in [0.717, 1.165) is 18.5 Å². The summed E-state index contributed by atoms with van der Waals surface area (Å²) in [5.41, 5.74) is 2.61. The van der Waals surface area contributed by atoms with Crippen LogP contribution in [0.4, 0.5) is 0 Å². The van der Waals surface area contributed by atoms with E-state index in [1.807, 2.05) is 13.1 Å². The van der Waals surface area contributed by atoms with Crippen LogP contribution in [-0.2, 0) is 6.42 Å². The van der Waals surface area contributed by atoms with Crippen molar-refractivity contribution in [1.82, 2.24) is 25.5 Å². The molecule has 0 aliphatic carbocycles. The third-order valence-electron chi connectivity index (χ3n) is 2.64. The van der Waals surface area contributed by atoms with Crippen LogP contribution in [0.3, 0.4) is 0 Å². The summed E-state index contributed by atoms with van der Waals surface area (Å²) in [7, 11) is 0. The summed E-state index contributed by atoms with van der Waals surface area (Å²) in [6.07, 6.45) is 8.08. The highest BCUT2D eigenvalue weighted by molar-refractivity contribution is 5.91. The maximum atomic E-state index is 11.6. The number of carbonyl (C=O) groups excluding carboxylic acids is 1. The van der Waals surface area contributed by atoms with Gasteiger partial charge in [0.15, 0.2) is 0 Å². The summed E-state index contributed by atoms with van der Waals surface area (Å²) in [6, 6.07) is 0. The van der Waals surface area contributed by atoms with Crippen LogP contribution in [0.1, 0.15) is 28.2 Å². The zero-order valence-electron chi connectivity index (χ0n) is 10.2. The maximum Gasteiger partial charge on any atom is 0.271 e. The number of amides is 1. The topological polar surface area (TPSA) is 83.6 Å². The number of hydrogen-bond acceptors (Lipinski definition) is 4. The van der Waals surface area contributed by atoms with Crippen LogP contribution in [0.15, 0.2) is 24.8 Å². The van der Waals surface area contributed by atoms with Crippen molar-refractivity contribution in [1.29, 1.82) is 0 Å². The lowest BCUT2D eigenvalue weighted by molar-refractivity contribution is 0.0948. The van der Waals surface area contributed by atoms with Crippen molar-refractivity contribution in [3.05, 3.63) is 41.7 Å². The molecule has 0 aliphatic rings. The lowest BCUT2D eigenvalue weighted by Crippen LogP contribution is -2.25. The molecule has 0 bridgehead atoms. The fraction of sp³-hybridized carbons (Fsp3) is 0.333. The SMILES string of the molecule is Cc1[nH]ncc1CCCNC(=O)c1cnccn1. The Hall–Kier alpha value is -2.24. The number of rotatable bonds is 5. The highest BCUT2D eigenvalue weighted by Gasteiger charge is 2.06. The van der Waals surface area contributed by atoms with Gasteiger partial charge in [0.25, 0.3) is 5.91 Å². The molecule has 2 aromatic rings. The van der Waals surface area contributed by atoms with Gasteiger partial charge in [0.1, 0.15) is 5.69 Å². The first-order valence-corrected chi connectivity index (χ1v) is 5.80. The Morgan fingerprint density at radius 3 is 2.94 bits per heavy atom. The van der Waals surface area contributed by atoms with Gasteiger partial charge in [-0.15, -0.1) is 0 Å². The maximum absolute atomic E-state index is 11.6. The van der Waals surface area contributed by atoms with E-state index < -0.39 is 0 Å². The predicted octanol–water partition coefficient (Wildman–Crippen LogP) is 0.871. The largest absolute Gasteiger partial charge is 0.351 e. The Morgan fingerprint density at radius 2 is 2.28 bits per heavy atom. The van der Waals surface area contributed by atoms with E-state index in [1.165, 1.54) is 18.0 Å². The lowest BCUT2D eigenvalue weighted by Gasteiger charge is -2.03. The van der Waals surface area contributed by atoms with Crippen molar-refractivity contribution in [3.63, 3.8) is 0 Å². The molecule has 2 rings (SSSR count). The Bertz CT molecular complexity index is 508. The van der Waals surface area contributed by atoms with Crippen LogP contribution in [0.5, 0.6) is 0 Å². The molecule has 6 nitrogen and oxygen atoms in total. The van der Waals surface area contributed by atoms with Crippen LogP contribution < -0.4 is 5.32 Å². The number of nitrogens with one attached hydrogen (secondary N) is 2. The van der Waals surface area contributed by atoms with Crippen molar-refractivity contribution in [2.45, 2.75) is 19.8 Å². The van der Waals surface area contributed by atoms with Crippen LogP contribution in [0, 0.1) is 6.92 Å². The normalized spacial score (nSPS) is 10.3. The smallest absolute Gasteiger partial charge is 0.271 e. The van der Waals surface area contributed by atoms with Crippen LogP contribution in [0.2, 0.25) is 0 Å². The quantitative estimate of drug-likeness (QED) is 0.766. The van der Waals surface area contributed by atoms with E-state index in [0.29, 0.717) is 12.2 Å². The van der Waals surface area contributed by atoms with Gasteiger partial charge in [-0.1, -0.05) is 0 Å². The fourth-order valence-electron chi connectivity index (χ4n) is 1.62. The molecule has 0 radical (unpaired) electrons. The van der Waals surface area contributed by atoms with Crippen LogP contribution in [-0.4, -0.2) is 32.6 Å². The lowest BCUT2D eigenvalue weighted by atomic mass is 10.1. The van der Waals surface area contributed by atoms with E-state index in [9.17, 15) is 4.79 Å². The summed E-state index contributed by atoms with van der Waals surface area (Å²) in [4.78, 5) is 19.4. The Morgan fingerprint density at radius 1 is 1.39 bits per heavy atom. The second kappa shape index (κ2) is 5.90. The average Bonchev–Trinajstić information content (AvgIpc) is 2.81. The minimum atomic E-state index is -0.188. The number of carbonyl (C=O) groups is 1. The number of aromatic amines is 1. The van der Waals surface area contributed by atoms with E-state index in [-0.39, 0.29) is 5.91 Å². The minimum absolute atomic E-state index is 0.188. The first-order valence-electron chi connectivity index (χ1n) is 5.80. The van der Waals surface area contributed by atoms with Gasteiger partial charge < -0.3 is 5.32 Å². The zero-order valence-corrected chi connectivity index (χ0v) is 10.2. The monoisotopic (exact) mass is 245 g/mol. The molecule has 0 fully saturated rings. The number of aromatic nitrogens is 4. The summed E-state index contributed by atoms with van der Waals surface area (Å²) < 4.78 is 0. The summed E-state index contributed by atoms with van der Waals surface area (Å²) in [5, 5.41) is 9.65. The Labute approximate surface area is 105 Å². The van der Waals surface area contributed by atoms with Gasteiger partial charge in [-0.05, 0) is 25.3 Å². The highest BCUT2D eigenvalue weighted by Crippen LogP contribution is 2.05.